The van der Waals surface area contributed by atoms with Crippen molar-refractivity contribution in [1.82, 2.24) is 0 Å². The zero-order chi connectivity index (χ0) is 13.1. The largest absolute Gasteiger partial charge is 0.378 e. The van der Waals surface area contributed by atoms with Crippen LogP contribution in [0.25, 0.3) is 0 Å². The van der Waals surface area contributed by atoms with Gasteiger partial charge in [-0.05, 0) is 50.1 Å². The van der Waals surface area contributed by atoms with E-state index < -0.39 is 0 Å². The quantitative estimate of drug-likeness (QED) is 0.824. The van der Waals surface area contributed by atoms with Crippen LogP contribution in [-0.4, -0.2) is 0 Å². The topological polar surface area (TPSA) is 12.0 Å². The monoisotopic (exact) mass is 263 g/mol. The van der Waals surface area contributed by atoms with E-state index in [4.69, 9.17) is 0 Å². The van der Waals surface area contributed by atoms with E-state index in [0.717, 1.165) is 12.1 Å². The number of rotatable bonds is 4. The van der Waals surface area contributed by atoms with Gasteiger partial charge in [-0.1, -0.05) is 13.0 Å². The average Bonchev–Trinajstić information content (AvgIpc) is 2.82. The number of hydrogen-bond acceptors (Lipinski definition) is 2. The third-order valence-corrected chi connectivity index (χ3v) is 4.42. The number of nitrogens with one attached hydrogen (secondary N) is 1. The van der Waals surface area contributed by atoms with Gasteiger partial charge in [0.05, 0.1) is 6.04 Å². The molecule has 0 spiro atoms. The Kier molecular flexibility index (Phi) is 4.02. The number of benzene rings is 1. The van der Waals surface area contributed by atoms with Crippen molar-refractivity contribution < 1.29 is 4.39 Å². The molecule has 1 aromatic heterocycles. The van der Waals surface area contributed by atoms with Crippen LogP contribution in [0.1, 0.15) is 35.2 Å². The van der Waals surface area contributed by atoms with Crippen molar-refractivity contribution >= 4 is 17.0 Å². The van der Waals surface area contributed by atoms with Gasteiger partial charge in [-0.3, -0.25) is 0 Å². The lowest BCUT2D eigenvalue weighted by molar-refractivity contribution is 0.618. The molecule has 0 aliphatic rings. The number of thiophene rings is 1. The van der Waals surface area contributed by atoms with E-state index in [-0.39, 0.29) is 11.9 Å². The van der Waals surface area contributed by atoms with Gasteiger partial charge >= 0.3 is 0 Å². The fraction of sp³-hybridized carbons (Fsp3) is 0.333. The number of aryl methyl sites for hydroxylation is 2. The first-order chi connectivity index (χ1) is 8.60. The van der Waals surface area contributed by atoms with E-state index >= 15 is 0 Å². The third kappa shape index (κ3) is 2.91. The molecule has 0 saturated carbocycles. The van der Waals surface area contributed by atoms with E-state index in [1.807, 2.05) is 17.4 Å². The van der Waals surface area contributed by atoms with Gasteiger partial charge in [0.1, 0.15) is 5.82 Å². The van der Waals surface area contributed by atoms with Gasteiger partial charge in [-0.2, -0.15) is 0 Å². The minimum absolute atomic E-state index is 0.160. The fourth-order valence-electron chi connectivity index (χ4n) is 1.82. The van der Waals surface area contributed by atoms with E-state index in [0.29, 0.717) is 5.56 Å². The van der Waals surface area contributed by atoms with Crippen molar-refractivity contribution in [2.24, 2.45) is 0 Å². The predicted octanol–water partition coefficient (Wildman–Crippen LogP) is 4.93. The first-order valence-corrected chi connectivity index (χ1v) is 7.03. The molecular formula is C15H18FNS. The maximum atomic E-state index is 13.5. The smallest absolute Gasteiger partial charge is 0.128 e. The molecule has 3 heteroatoms. The molecule has 0 fully saturated rings. The number of hydrogen-bond donors (Lipinski definition) is 1. The molecule has 1 atom stereocenters. The van der Waals surface area contributed by atoms with Crippen LogP contribution in [-0.2, 0) is 6.42 Å². The van der Waals surface area contributed by atoms with Crippen LogP contribution in [0.5, 0.6) is 0 Å². The molecule has 0 radical (unpaired) electrons. The standard InChI is InChI=1S/C15H18FNS/c1-4-13-7-8-15(18-13)11(3)17-12-6-5-10(2)14(16)9-12/h5-9,11,17H,4H2,1-3H3. The van der Waals surface area contributed by atoms with Gasteiger partial charge < -0.3 is 5.32 Å². The van der Waals surface area contributed by atoms with Crippen molar-refractivity contribution in [3.05, 3.63) is 51.5 Å². The molecule has 1 aromatic carbocycles. The fourth-order valence-corrected chi connectivity index (χ4v) is 2.78. The molecule has 96 valence electrons. The summed E-state index contributed by atoms with van der Waals surface area (Å²) in [5, 5.41) is 3.33. The molecule has 1 nitrogen and oxygen atoms in total. The Balaban J connectivity index is 2.10. The highest BCUT2D eigenvalue weighted by Crippen LogP contribution is 2.27. The number of halogens is 1. The molecule has 1 N–H and O–H groups in total. The van der Waals surface area contributed by atoms with Gasteiger partial charge in [-0.25, -0.2) is 4.39 Å². The molecule has 0 aliphatic carbocycles. The van der Waals surface area contributed by atoms with Crippen LogP contribution < -0.4 is 5.32 Å². The SMILES string of the molecule is CCc1ccc(C(C)Nc2ccc(C)c(F)c2)s1. The minimum Gasteiger partial charge on any atom is -0.378 e. The Morgan fingerprint density at radius 2 is 2.06 bits per heavy atom. The van der Waals surface area contributed by atoms with Crippen molar-refractivity contribution in [3.8, 4) is 0 Å². The van der Waals surface area contributed by atoms with Gasteiger partial charge in [0.15, 0.2) is 0 Å². The van der Waals surface area contributed by atoms with Gasteiger partial charge in [0, 0.05) is 15.4 Å². The highest BCUT2D eigenvalue weighted by molar-refractivity contribution is 7.12. The summed E-state index contributed by atoms with van der Waals surface area (Å²) in [7, 11) is 0. The summed E-state index contributed by atoms with van der Waals surface area (Å²) in [6, 6.07) is 9.79. The van der Waals surface area contributed by atoms with Crippen molar-refractivity contribution in [3.63, 3.8) is 0 Å². The summed E-state index contributed by atoms with van der Waals surface area (Å²) in [5.74, 6) is -0.160. The Hall–Kier alpha value is -1.35. The summed E-state index contributed by atoms with van der Waals surface area (Å²) >= 11 is 1.81. The lowest BCUT2D eigenvalue weighted by Gasteiger charge is -2.14. The maximum Gasteiger partial charge on any atom is 0.128 e. The highest BCUT2D eigenvalue weighted by Gasteiger charge is 2.09. The molecular weight excluding hydrogens is 245 g/mol. The first-order valence-electron chi connectivity index (χ1n) is 6.21. The lowest BCUT2D eigenvalue weighted by atomic mass is 10.2. The van der Waals surface area contributed by atoms with Crippen LogP contribution in [0.2, 0.25) is 0 Å². The molecule has 0 aliphatic heterocycles. The molecule has 2 aromatic rings. The summed E-state index contributed by atoms with van der Waals surface area (Å²) in [4.78, 5) is 2.67. The van der Waals surface area contributed by atoms with Crippen LogP contribution >= 0.6 is 11.3 Å². The Morgan fingerprint density at radius 3 is 2.67 bits per heavy atom. The van der Waals surface area contributed by atoms with Crippen LogP contribution in [0.4, 0.5) is 10.1 Å². The molecule has 1 unspecified atom stereocenters. The van der Waals surface area contributed by atoms with E-state index in [2.05, 4.69) is 31.3 Å². The first kappa shape index (κ1) is 13.1. The van der Waals surface area contributed by atoms with Crippen molar-refractivity contribution in [1.29, 1.82) is 0 Å². The third-order valence-electron chi connectivity index (χ3n) is 3.01. The molecule has 0 saturated heterocycles. The zero-order valence-electron chi connectivity index (χ0n) is 11.0. The molecule has 1 heterocycles. The molecule has 0 amide bonds. The van der Waals surface area contributed by atoms with Crippen LogP contribution in [0, 0.1) is 12.7 Å². The van der Waals surface area contributed by atoms with Crippen molar-refractivity contribution in [2.45, 2.75) is 33.2 Å². The predicted molar refractivity (Wildman–Crippen MR) is 76.9 cm³/mol. The van der Waals surface area contributed by atoms with Crippen LogP contribution in [0.15, 0.2) is 30.3 Å². The summed E-state index contributed by atoms with van der Waals surface area (Å²) in [6.07, 6.45) is 1.07. The second kappa shape index (κ2) is 5.53. The van der Waals surface area contributed by atoms with Crippen molar-refractivity contribution in [2.75, 3.05) is 5.32 Å². The Bertz CT molecular complexity index is 533. The Morgan fingerprint density at radius 1 is 1.28 bits per heavy atom. The van der Waals surface area contributed by atoms with E-state index in [9.17, 15) is 4.39 Å². The lowest BCUT2D eigenvalue weighted by Crippen LogP contribution is -2.05. The van der Waals surface area contributed by atoms with Gasteiger partial charge in [0.2, 0.25) is 0 Å². The van der Waals surface area contributed by atoms with Gasteiger partial charge in [0.25, 0.3) is 0 Å². The average molecular weight is 263 g/mol. The van der Waals surface area contributed by atoms with Crippen LogP contribution in [0.3, 0.4) is 0 Å². The normalized spacial score (nSPS) is 12.4. The summed E-state index contributed by atoms with van der Waals surface area (Å²) in [5.41, 5.74) is 1.51. The zero-order valence-corrected chi connectivity index (χ0v) is 11.8. The molecule has 2 rings (SSSR count). The van der Waals surface area contributed by atoms with E-state index in [1.54, 1.807) is 19.1 Å². The summed E-state index contributed by atoms with van der Waals surface area (Å²) < 4.78 is 13.5. The minimum atomic E-state index is -0.160. The second-order valence-electron chi connectivity index (χ2n) is 4.49. The molecule has 0 bridgehead atoms. The van der Waals surface area contributed by atoms with Gasteiger partial charge in [-0.15, -0.1) is 11.3 Å². The molecule has 18 heavy (non-hydrogen) atoms. The second-order valence-corrected chi connectivity index (χ2v) is 5.69. The number of anilines is 1. The van der Waals surface area contributed by atoms with E-state index in [1.165, 1.54) is 9.75 Å². The Labute approximate surface area is 112 Å². The highest BCUT2D eigenvalue weighted by atomic mass is 32.1. The summed E-state index contributed by atoms with van der Waals surface area (Å²) in [6.45, 7) is 6.03. The maximum absolute atomic E-state index is 13.5.